The fraction of sp³-hybridized carbons (Fsp3) is 0.692. The molecule has 1 aromatic rings. The van der Waals surface area contributed by atoms with Crippen molar-refractivity contribution in [2.75, 3.05) is 13.6 Å². The largest absolute Gasteiger partial charge is 0.329 e. The van der Waals surface area contributed by atoms with Crippen molar-refractivity contribution in [3.8, 4) is 0 Å². The van der Waals surface area contributed by atoms with Gasteiger partial charge in [-0.1, -0.05) is 26.7 Å². The van der Waals surface area contributed by atoms with Crippen LogP contribution in [0.2, 0.25) is 0 Å². The van der Waals surface area contributed by atoms with Crippen LogP contribution in [-0.4, -0.2) is 24.5 Å². The van der Waals surface area contributed by atoms with Crippen molar-refractivity contribution in [3.05, 3.63) is 22.4 Å². The number of hydrogen-bond donors (Lipinski definition) is 1. The monoisotopic (exact) mass is 240 g/mol. The molecule has 0 aromatic carbocycles. The number of thiophene rings is 1. The van der Waals surface area contributed by atoms with Crippen LogP contribution in [0.1, 0.15) is 32.3 Å². The Morgan fingerprint density at radius 3 is 2.50 bits per heavy atom. The topological polar surface area (TPSA) is 29.3 Å². The van der Waals surface area contributed by atoms with Crippen LogP contribution in [0, 0.1) is 5.92 Å². The van der Waals surface area contributed by atoms with Crippen molar-refractivity contribution < 1.29 is 0 Å². The Labute approximate surface area is 103 Å². The average molecular weight is 240 g/mol. The summed E-state index contributed by atoms with van der Waals surface area (Å²) in [5.41, 5.74) is 7.32. The molecule has 1 aromatic heterocycles. The first-order valence-corrected chi connectivity index (χ1v) is 7.08. The zero-order valence-corrected chi connectivity index (χ0v) is 11.5. The Balaban J connectivity index is 2.58. The van der Waals surface area contributed by atoms with Crippen LogP contribution in [0.5, 0.6) is 0 Å². The Hall–Kier alpha value is -0.380. The summed E-state index contributed by atoms with van der Waals surface area (Å²) in [4.78, 5) is 2.40. The van der Waals surface area contributed by atoms with E-state index in [9.17, 15) is 0 Å². The van der Waals surface area contributed by atoms with E-state index in [0.29, 0.717) is 12.0 Å². The lowest BCUT2D eigenvalue weighted by Crippen LogP contribution is -2.42. The third-order valence-corrected chi connectivity index (χ3v) is 4.14. The van der Waals surface area contributed by atoms with Crippen molar-refractivity contribution in [1.82, 2.24) is 4.90 Å². The highest BCUT2D eigenvalue weighted by Gasteiger charge is 2.21. The lowest BCUT2D eigenvalue weighted by molar-refractivity contribution is 0.165. The van der Waals surface area contributed by atoms with Gasteiger partial charge in [0.05, 0.1) is 0 Å². The molecule has 1 atom stereocenters. The molecule has 0 aliphatic heterocycles. The second-order valence-electron chi connectivity index (χ2n) is 4.43. The molecule has 0 spiro atoms. The molecular formula is C13H24N2S. The lowest BCUT2D eigenvalue weighted by atomic mass is 9.93. The van der Waals surface area contributed by atoms with Crippen LogP contribution in [-0.2, 0) is 6.54 Å². The van der Waals surface area contributed by atoms with Crippen molar-refractivity contribution in [1.29, 1.82) is 0 Å². The minimum Gasteiger partial charge on any atom is -0.329 e. The van der Waals surface area contributed by atoms with Crippen molar-refractivity contribution in [2.45, 2.75) is 39.3 Å². The highest BCUT2D eigenvalue weighted by Crippen LogP contribution is 2.19. The van der Waals surface area contributed by atoms with Gasteiger partial charge in [-0.3, -0.25) is 4.90 Å². The average Bonchev–Trinajstić information content (AvgIpc) is 2.78. The second-order valence-corrected chi connectivity index (χ2v) is 5.21. The molecule has 16 heavy (non-hydrogen) atoms. The molecule has 92 valence electrons. The van der Waals surface area contributed by atoms with Crippen LogP contribution in [0.4, 0.5) is 0 Å². The summed E-state index contributed by atoms with van der Waals surface area (Å²) in [6.45, 7) is 6.29. The summed E-state index contributed by atoms with van der Waals surface area (Å²) in [7, 11) is 2.19. The molecule has 3 heteroatoms. The van der Waals surface area contributed by atoms with E-state index in [0.717, 1.165) is 13.1 Å². The molecule has 0 radical (unpaired) electrons. The smallest absolute Gasteiger partial charge is 0.0246 e. The molecule has 1 unspecified atom stereocenters. The van der Waals surface area contributed by atoms with Gasteiger partial charge in [0.1, 0.15) is 0 Å². The van der Waals surface area contributed by atoms with Crippen LogP contribution in [0.15, 0.2) is 16.8 Å². The molecule has 0 aliphatic carbocycles. The summed E-state index contributed by atoms with van der Waals surface area (Å²) < 4.78 is 0. The molecule has 0 saturated heterocycles. The second kappa shape index (κ2) is 7.05. The molecule has 1 rings (SSSR count). The molecule has 0 aliphatic rings. The Bertz CT molecular complexity index is 267. The van der Waals surface area contributed by atoms with Gasteiger partial charge in [0, 0.05) is 19.1 Å². The number of hydrogen-bond acceptors (Lipinski definition) is 3. The lowest BCUT2D eigenvalue weighted by Gasteiger charge is -2.32. The molecule has 2 N–H and O–H groups in total. The van der Waals surface area contributed by atoms with Crippen LogP contribution >= 0.6 is 11.3 Å². The maximum absolute atomic E-state index is 5.92. The highest BCUT2D eigenvalue weighted by atomic mass is 32.1. The fourth-order valence-corrected chi connectivity index (χ4v) is 3.01. The zero-order valence-electron chi connectivity index (χ0n) is 10.6. The third kappa shape index (κ3) is 3.58. The molecular weight excluding hydrogens is 216 g/mol. The summed E-state index contributed by atoms with van der Waals surface area (Å²) in [5.74, 6) is 0.716. The van der Waals surface area contributed by atoms with Gasteiger partial charge >= 0.3 is 0 Å². The van der Waals surface area contributed by atoms with Gasteiger partial charge in [0.15, 0.2) is 0 Å². The standard InChI is InChI=1S/C13H24N2S/c1-4-12(5-2)13(8-14)15(3)9-11-6-7-16-10-11/h6-7,10,12-13H,4-5,8-9,14H2,1-3H3. The maximum Gasteiger partial charge on any atom is 0.0246 e. The number of rotatable bonds is 7. The van der Waals surface area contributed by atoms with Gasteiger partial charge in [-0.15, -0.1) is 0 Å². The Morgan fingerprint density at radius 1 is 1.38 bits per heavy atom. The van der Waals surface area contributed by atoms with Gasteiger partial charge in [0.25, 0.3) is 0 Å². The number of likely N-dealkylation sites (N-methyl/N-ethyl adjacent to an activating group) is 1. The Morgan fingerprint density at radius 2 is 2.06 bits per heavy atom. The Kier molecular flexibility index (Phi) is 6.03. The van der Waals surface area contributed by atoms with Crippen molar-refractivity contribution in [3.63, 3.8) is 0 Å². The molecule has 2 nitrogen and oxygen atoms in total. The first-order chi connectivity index (χ1) is 7.72. The first-order valence-electron chi connectivity index (χ1n) is 6.14. The van der Waals surface area contributed by atoms with E-state index < -0.39 is 0 Å². The van der Waals surface area contributed by atoms with E-state index in [2.05, 4.69) is 42.6 Å². The third-order valence-electron chi connectivity index (χ3n) is 3.41. The normalized spacial score (nSPS) is 13.6. The fourth-order valence-electron chi connectivity index (χ4n) is 2.35. The highest BCUT2D eigenvalue weighted by molar-refractivity contribution is 7.07. The molecule has 0 bridgehead atoms. The molecule has 1 heterocycles. The van der Waals surface area contributed by atoms with Gasteiger partial charge in [-0.05, 0) is 35.4 Å². The molecule has 0 fully saturated rings. The SMILES string of the molecule is CCC(CC)C(CN)N(C)Cc1ccsc1. The van der Waals surface area contributed by atoms with E-state index in [1.165, 1.54) is 18.4 Å². The number of nitrogens with zero attached hydrogens (tertiary/aromatic N) is 1. The van der Waals surface area contributed by atoms with E-state index in [1.54, 1.807) is 11.3 Å². The maximum atomic E-state index is 5.92. The first kappa shape index (κ1) is 13.7. The van der Waals surface area contributed by atoms with Gasteiger partial charge < -0.3 is 5.73 Å². The zero-order chi connectivity index (χ0) is 12.0. The van der Waals surface area contributed by atoms with Gasteiger partial charge in [-0.25, -0.2) is 0 Å². The van der Waals surface area contributed by atoms with Crippen LogP contribution in [0.3, 0.4) is 0 Å². The summed E-state index contributed by atoms with van der Waals surface area (Å²) >= 11 is 1.76. The van der Waals surface area contributed by atoms with Gasteiger partial charge in [-0.2, -0.15) is 11.3 Å². The summed E-state index contributed by atoms with van der Waals surface area (Å²) in [6, 6.07) is 2.71. The quantitative estimate of drug-likeness (QED) is 0.794. The van der Waals surface area contributed by atoms with Crippen LogP contribution < -0.4 is 5.73 Å². The summed E-state index contributed by atoms with van der Waals surface area (Å²) in [6.07, 6.45) is 2.43. The predicted molar refractivity (Wildman–Crippen MR) is 72.7 cm³/mol. The van der Waals surface area contributed by atoms with Crippen molar-refractivity contribution >= 4 is 11.3 Å². The van der Waals surface area contributed by atoms with E-state index in [4.69, 9.17) is 5.73 Å². The van der Waals surface area contributed by atoms with Crippen LogP contribution in [0.25, 0.3) is 0 Å². The minimum atomic E-state index is 0.509. The van der Waals surface area contributed by atoms with Crippen molar-refractivity contribution in [2.24, 2.45) is 11.7 Å². The van der Waals surface area contributed by atoms with Gasteiger partial charge in [0.2, 0.25) is 0 Å². The van der Waals surface area contributed by atoms with E-state index >= 15 is 0 Å². The number of nitrogens with two attached hydrogens (primary N) is 1. The molecule has 0 saturated carbocycles. The predicted octanol–water partition coefficient (Wildman–Crippen LogP) is 2.94. The van der Waals surface area contributed by atoms with E-state index in [-0.39, 0.29) is 0 Å². The summed E-state index contributed by atoms with van der Waals surface area (Å²) in [5, 5.41) is 4.36. The minimum absolute atomic E-state index is 0.509. The molecule has 0 amide bonds. The van der Waals surface area contributed by atoms with E-state index in [1.807, 2.05) is 0 Å².